The van der Waals surface area contributed by atoms with Crippen LogP contribution in [0.1, 0.15) is 24.1 Å². The van der Waals surface area contributed by atoms with Gasteiger partial charge in [-0.15, -0.1) is 0 Å². The van der Waals surface area contributed by atoms with Crippen molar-refractivity contribution >= 4 is 40.8 Å². The Kier molecular flexibility index (Phi) is 5.20. The summed E-state index contributed by atoms with van der Waals surface area (Å²) < 4.78 is 0. The van der Waals surface area contributed by atoms with E-state index in [0.29, 0.717) is 32.6 Å². The molecule has 1 heterocycles. The highest BCUT2D eigenvalue weighted by Gasteiger charge is 2.32. The fourth-order valence-corrected chi connectivity index (χ4v) is 3.27. The molecule has 3 N–H and O–H groups in total. The van der Waals surface area contributed by atoms with Gasteiger partial charge in [0.25, 0.3) is 5.91 Å². The maximum atomic E-state index is 13.0. The van der Waals surface area contributed by atoms with Crippen LogP contribution in [-0.4, -0.2) is 11.9 Å². The van der Waals surface area contributed by atoms with E-state index in [1.807, 2.05) is 13.0 Å². The molecule has 0 aliphatic carbocycles. The lowest BCUT2D eigenvalue weighted by molar-refractivity contribution is -0.113. The van der Waals surface area contributed by atoms with Crippen LogP contribution >= 0.6 is 23.2 Å². The number of aryl methyl sites for hydroxylation is 1. The molecule has 0 saturated carbocycles. The van der Waals surface area contributed by atoms with Crippen molar-refractivity contribution in [1.29, 1.82) is 0 Å². The van der Waals surface area contributed by atoms with Gasteiger partial charge in [0.2, 0.25) is 0 Å². The van der Waals surface area contributed by atoms with Crippen LogP contribution in [0.25, 0.3) is 0 Å². The van der Waals surface area contributed by atoms with Crippen LogP contribution in [0.2, 0.25) is 10.0 Å². The molecular weight excluding hydrogens is 373 g/mol. The minimum atomic E-state index is -0.656. The molecule has 3 rings (SSSR count). The number of nitrogens with one attached hydrogen (secondary N) is 3. The highest BCUT2D eigenvalue weighted by atomic mass is 35.5. The third-order valence-electron chi connectivity index (χ3n) is 4.18. The summed E-state index contributed by atoms with van der Waals surface area (Å²) in [6, 6.07) is 11.3. The maximum Gasteiger partial charge on any atom is 0.319 e. The Morgan fingerprint density at radius 3 is 2.58 bits per heavy atom. The molecule has 0 bridgehead atoms. The van der Waals surface area contributed by atoms with E-state index < -0.39 is 6.04 Å². The first kappa shape index (κ1) is 18.3. The lowest BCUT2D eigenvalue weighted by atomic mass is 9.94. The van der Waals surface area contributed by atoms with Crippen LogP contribution in [0.15, 0.2) is 53.7 Å². The maximum absolute atomic E-state index is 13.0. The van der Waals surface area contributed by atoms with Gasteiger partial charge in [-0.3, -0.25) is 4.79 Å². The van der Waals surface area contributed by atoms with Gasteiger partial charge < -0.3 is 16.0 Å². The molecule has 2 aromatic rings. The number of carbonyl (C=O) groups is 2. The van der Waals surface area contributed by atoms with Gasteiger partial charge >= 0.3 is 6.03 Å². The van der Waals surface area contributed by atoms with Gasteiger partial charge in [-0.1, -0.05) is 47.5 Å². The average Bonchev–Trinajstić information content (AvgIpc) is 2.57. The second-order valence-electron chi connectivity index (χ2n) is 6.01. The molecule has 5 nitrogen and oxygen atoms in total. The summed E-state index contributed by atoms with van der Waals surface area (Å²) in [4.78, 5) is 24.9. The summed E-state index contributed by atoms with van der Waals surface area (Å²) in [5.41, 5.74) is 2.99. The Bertz CT molecular complexity index is 925. The number of carbonyl (C=O) groups excluding carboxylic acids is 2. The number of halogens is 2. The Balaban J connectivity index is 2.00. The van der Waals surface area contributed by atoms with Crippen LogP contribution in [0.5, 0.6) is 0 Å². The van der Waals surface area contributed by atoms with E-state index >= 15 is 0 Å². The van der Waals surface area contributed by atoms with Crippen molar-refractivity contribution in [2.75, 3.05) is 5.32 Å². The predicted molar refractivity (Wildman–Crippen MR) is 103 cm³/mol. The number of rotatable bonds is 3. The molecular formula is C19H17Cl2N3O2. The number of allylic oxidation sites excluding steroid dienone is 1. The van der Waals surface area contributed by atoms with Gasteiger partial charge in [-0.05, 0) is 43.2 Å². The number of benzene rings is 2. The minimum absolute atomic E-state index is 0.342. The predicted octanol–water partition coefficient (Wildman–Crippen LogP) is 4.57. The summed E-state index contributed by atoms with van der Waals surface area (Å²) >= 11 is 12.3. The lowest BCUT2D eigenvalue weighted by Gasteiger charge is -2.29. The summed E-state index contributed by atoms with van der Waals surface area (Å²) in [6.07, 6.45) is 0. The molecule has 7 heteroatoms. The van der Waals surface area contributed by atoms with Crippen LogP contribution in [0.4, 0.5) is 10.5 Å². The third kappa shape index (κ3) is 3.69. The standard InChI is InChI=1S/C19H17Cl2N3O2/c1-10-7-8-12(20)9-15(10)23-18(25)16-11(2)22-19(26)24-17(16)13-5-3-4-6-14(13)21/h3-9,17H,1-2H3,(H,23,25)(H2,22,24,26)/t17-/m1/s1. The van der Waals surface area contributed by atoms with Gasteiger partial charge in [0.15, 0.2) is 0 Å². The molecule has 1 aliphatic rings. The molecule has 1 aliphatic heterocycles. The van der Waals surface area contributed by atoms with E-state index in [-0.39, 0.29) is 11.9 Å². The van der Waals surface area contributed by atoms with Gasteiger partial charge in [-0.2, -0.15) is 0 Å². The van der Waals surface area contributed by atoms with E-state index in [2.05, 4.69) is 16.0 Å². The molecule has 3 amide bonds. The molecule has 26 heavy (non-hydrogen) atoms. The third-order valence-corrected chi connectivity index (χ3v) is 4.76. The van der Waals surface area contributed by atoms with Crippen LogP contribution < -0.4 is 16.0 Å². The first-order valence-corrected chi connectivity index (χ1v) is 8.72. The Morgan fingerprint density at radius 2 is 1.85 bits per heavy atom. The summed E-state index contributed by atoms with van der Waals surface area (Å²) in [6.45, 7) is 3.56. The first-order chi connectivity index (χ1) is 12.4. The second-order valence-corrected chi connectivity index (χ2v) is 6.85. The molecule has 134 valence electrons. The fraction of sp³-hybridized carbons (Fsp3) is 0.158. The quantitative estimate of drug-likeness (QED) is 0.719. The Hall–Kier alpha value is -2.50. The van der Waals surface area contributed by atoms with Crippen molar-refractivity contribution < 1.29 is 9.59 Å². The smallest absolute Gasteiger partial charge is 0.319 e. The van der Waals surface area contributed by atoms with Crippen LogP contribution in [0, 0.1) is 6.92 Å². The van der Waals surface area contributed by atoms with Gasteiger partial charge in [0, 0.05) is 21.4 Å². The number of anilines is 1. The molecule has 0 saturated heterocycles. The zero-order valence-electron chi connectivity index (χ0n) is 14.2. The molecule has 0 unspecified atom stereocenters. The zero-order valence-corrected chi connectivity index (χ0v) is 15.7. The highest BCUT2D eigenvalue weighted by molar-refractivity contribution is 6.31. The van der Waals surface area contributed by atoms with Crippen molar-refractivity contribution in [1.82, 2.24) is 10.6 Å². The van der Waals surface area contributed by atoms with Gasteiger partial charge in [0.05, 0.1) is 11.6 Å². The molecule has 0 radical (unpaired) electrons. The van der Waals surface area contributed by atoms with Crippen molar-refractivity contribution in [3.05, 3.63) is 74.9 Å². The van der Waals surface area contributed by atoms with Crippen LogP contribution in [0.3, 0.4) is 0 Å². The normalized spacial score (nSPS) is 16.8. The lowest BCUT2D eigenvalue weighted by Crippen LogP contribution is -2.46. The van der Waals surface area contributed by atoms with E-state index in [4.69, 9.17) is 23.2 Å². The van der Waals surface area contributed by atoms with Gasteiger partial charge in [0.1, 0.15) is 0 Å². The number of urea groups is 1. The molecule has 1 atom stereocenters. The van der Waals surface area contributed by atoms with Crippen LogP contribution in [-0.2, 0) is 4.79 Å². The fourth-order valence-electron chi connectivity index (χ4n) is 2.86. The minimum Gasteiger partial charge on any atom is -0.327 e. The second kappa shape index (κ2) is 7.40. The summed E-state index contributed by atoms with van der Waals surface area (Å²) in [7, 11) is 0. The average molecular weight is 390 g/mol. The van der Waals surface area contributed by atoms with E-state index in [0.717, 1.165) is 5.56 Å². The molecule has 0 aromatic heterocycles. The van der Waals surface area contributed by atoms with E-state index in [1.54, 1.807) is 43.3 Å². The largest absolute Gasteiger partial charge is 0.327 e. The molecule has 0 fully saturated rings. The SMILES string of the molecule is CC1=C(C(=O)Nc2cc(Cl)ccc2C)[C@@H](c2ccccc2Cl)NC(=O)N1. The van der Waals surface area contributed by atoms with Crippen molar-refractivity contribution in [2.45, 2.75) is 19.9 Å². The molecule has 2 aromatic carbocycles. The summed E-state index contributed by atoms with van der Waals surface area (Å²) in [5, 5.41) is 9.27. The molecule has 0 spiro atoms. The van der Waals surface area contributed by atoms with Crippen molar-refractivity contribution in [3.8, 4) is 0 Å². The number of hydrogen-bond donors (Lipinski definition) is 3. The van der Waals surface area contributed by atoms with Crippen molar-refractivity contribution in [2.24, 2.45) is 0 Å². The first-order valence-electron chi connectivity index (χ1n) is 7.97. The summed E-state index contributed by atoms with van der Waals surface area (Å²) in [5.74, 6) is -0.342. The monoisotopic (exact) mass is 389 g/mol. The number of hydrogen-bond acceptors (Lipinski definition) is 2. The van der Waals surface area contributed by atoms with Crippen molar-refractivity contribution in [3.63, 3.8) is 0 Å². The van der Waals surface area contributed by atoms with E-state index in [1.165, 1.54) is 0 Å². The van der Waals surface area contributed by atoms with Gasteiger partial charge in [-0.25, -0.2) is 4.79 Å². The number of amides is 3. The Morgan fingerprint density at radius 1 is 1.12 bits per heavy atom. The Labute approximate surface area is 161 Å². The van der Waals surface area contributed by atoms with E-state index in [9.17, 15) is 9.59 Å². The highest BCUT2D eigenvalue weighted by Crippen LogP contribution is 2.32. The zero-order chi connectivity index (χ0) is 18.8. The topological polar surface area (TPSA) is 70.2 Å².